The monoisotopic (exact) mass is 311 g/mol. The highest BCUT2D eigenvalue weighted by molar-refractivity contribution is 7.92. The third-order valence-corrected chi connectivity index (χ3v) is 4.17. The van der Waals surface area contributed by atoms with Gasteiger partial charge >= 0.3 is 0 Å². The summed E-state index contributed by atoms with van der Waals surface area (Å²) in [7, 11) is -2.53. The molecular formula is C14H14FNO4S. The highest BCUT2D eigenvalue weighted by atomic mass is 32.2. The smallest absolute Gasteiger partial charge is 0.261 e. The van der Waals surface area contributed by atoms with Crippen molar-refractivity contribution in [2.45, 2.75) is 11.5 Å². The van der Waals surface area contributed by atoms with Crippen LogP contribution < -0.4 is 9.46 Å². The molecule has 2 aromatic carbocycles. The maximum atomic E-state index is 13.3. The van der Waals surface area contributed by atoms with Gasteiger partial charge in [0.25, 0.3) is 10.0 Å². The molecule has 21 heavy (non-hydrogen) atoms. The van der Waals surface area contributed by atoms with E-state index in [-0.39, 0.29) is 22.9 Å². The summed E-state index contributed by atoms with van der Waals surface area (Å²) in [4.78, 5) is 0.0114. The van der Waals surface area contributed by atoms with Gasteiger partial charge in [-0.05, 0) is 29.8 Å². The van der Waals surface area contributed by atoms with Gasteiger partial charge < -0.3 is 9.84 Å². The minimum Gasteiger partial charge on any atom is -0.494 e. The first-order chi connectivity index (χ1) is 9.96. The molecule has 7 heteroatoms. The van der Waals surface area contributed by atoms with E-state index in [9.17, 15) is 12.8 Å². The Labute approximate surface area is 122 Å². The van der Waals surface area contributed by atoms with Gasteiger partial charge in [-0.25, -0.2) is 12.8 Å². The van der Waals surface area contributed by atoms with Crippen molar-refractivity contribution in [3.63, 3.8) is 0 Å². The third kappa shape index (κ3) is 3.50. The topological polar surface area (TPSA) is 75.6 Å². The van der Waals surface area contributed by atoms with Crippen LogP contribution in [0.3, 0.4) is 0 Å². The van der Waals surface area contributed by atoms with E-state index in [1.54, 1.807) is 6.07 Å². The number of benzene rings is 2. The summed E-state index contributed by atoms with van der Waals surface area (Å²) in [6, 6.07) is 9.57. The minimum absolute atomic E-state index is 0.0114. The predicted molar refractivity (Wildman–Crippen MR) is 76.1 cm³/mol. The van der Waals surface area contributed by atoms with Gasteiger partial charge in [-0.3, -0.25) is 4.72 Å². The van der Waals surface area contributed by atoms with E-state index in [4.69, 9.17) is 9.84 Å². The zero-order valence-corrected chi connectivity index (χ0v) is 12.0. The molecule has 0 saturated heterocycles. The average Bonchev–Trinajstić information content (AvgIpc) is 2.49. The first-order valence-electron chi connectivity index (χ1n) is 6.02. The zero-order chi connectivity index (χ0) is 15.5. The molecule has 0 spiro atoms. The Bertz CT molecular complexity index is 746. The Morgan fingerprint density at radius 1 is 1.24 bits per heavy atom. The largest absolute Gasteiger partial charge is 0.494 e. The van der Waals surface area contributed by atoms with Gasteiger partial charge in [0.15, 0.2) is 11.6 Å². The van der Waals surface area contributed by atoms with E-state index in [1.807, 2.05) is 0 Å². The number of sulfonamides is 1. The van der Waals surface area contributed by atoms with E-state index in [1.165, 1.54) is 37.4 Å². The molecule has 0 aliphatic heterocycles. The number of nitrogens with one attached hydrogen (secondary N) is 1. The summed E-state index contributed by atoms with van der Waals surface area (Å²) >= 11 is 0. The number of halogens is 1. The highest BCUT2D eigenvalue weighted by Crippen LogP contribution is 2.24. The molecule has 2 rings (SSSR count). The second kappa shape index (κ2) is 6.11. The van der Waals surface area contributed by atoms with Crippen LogP contribution in [0.25, 0.3) is 0 Å². The average molecular weight is 311 g/mol. The lowest BCUT2D eigenvalue weighted by molar-refractivity contribution is 0.281. The van der Waals surface area contributed by atoms with Gasteiger partial charge in [0.2, 0.25) is 0 Å². The van der Waals surface area contributed by atoms with Crippen molar-refractivity contribution in [1.29, 1.82) is 0 Å². The number of methoxy groups -OCH3 is 1. The quantitative estimate of drug-likeness (QED) is 0.887. The standard InChI is InChI=1S/C14H14FNO4S/c1-20-14-8-11(5-6-13(14)15)16-21(18,19)12-4-2-3-10(7-12)9-17/h2-8,16-17H,9H2,1H3. The lowest BCUT2D eigenvalue weighted by atomic mass is 10.2. The van der Waals surface area contributed by atoms with Gasteiger partial charge in [-0.1, -0.05) is 12.1 Å². The second-order valence-electron chi connectivity index (χ2n) is 4.26. The number of rotatable bonds is 5. The molecule has 0 saturated carbocycles. The van der Waals surface area contributed by atoms with Crippen molar-refractivity contribution in [3.8, 4) is 5.75 Å². The van der Waals surface area contributed by atoms with E-state index >= 15 is 0 Å². The minimum atomic E-state index is -3.82. The lowest BCUT2D eigenvalue weighted by Gasteiger charge is -2.10. The van der Waals surface area contributed by atoms with Crippen LogP contribution in [0.15, 0.2) is 47.4 Å². The summed E-state index contributed by atoms with van der Waals surface area (Å²) < 4.78 is 44.9. The maximum Gasteiger partial charge on any atom is 0.261 e. The zero-order valence-electron chi connectivity index (χ0n) is 11.2. The Kier molecular flexibility index (Phi) is 4.44. The van der Waals surface area contributed by atoms with E-state index < -0.39 is 15.8 Å². The molecule has 112 valence electrons. The Hall–Kier alpha value is -2.12. The van der Waals surface area contributed by atoms with Crippen molar-refractivity contribution >= 4 is 15.7 Å². The van der Waals surface area contributed by atoms with Gasteiger partial charge in [0.1, 0.15) is 0 Å². The molecule has 0 aliphatic rings. The fourth-order valence-electron chi connectivity index (χ4n) is 1.75. The number of hydrogen-bond acceptors (Lipinski definition) is 4. The summed E-state index contributed by atoms with van der Waals surface area (Å²) in [5, 5.41) is 9.04. The molecule has 0 aromatic heterocycles. The van der Waals surface area contributed by atoms with Crippen LogP contribution in [0.2, 0.25) is 0 Å². The summed E-state index contributed by atoms with van der Waals surface area (Å²) in [5.74, 6) is -0.637. The van der Waals surface area contributed by atoms with Crippen molar-refractivity contribution in [3.05, 3.63) is 53.8 Å². The molecule has 0 amide bonds. The van der Waals surface area contributed by atoms with Crippen LogP contribution in [-0.2, 0) is 16.6 Å². The van der Waals surface area contributed by atoms with Crippen molar-refractivity contribution in [2.75, 3.05) is 11.8 Å². The SMILES string of the molecule is COc1cc(NS(=O)(=O)c2cccc(CO)c2)ccc1F. The predicted octanol–water partition coefficient (Wildman–Crippen LogP) is 2.13. The van der Waals surface area contributed by atoms with Gasteiger partial charge in [0.05, 0.1) is 24.3 Å². The van der Waals surface area contributed by atoms with E-state index in [0.29, 0.717) is 5.56 Å². The van der Waals surface area contributed by atoms with Crippen molar-refractivity contribution < 1.29 is 22.7 Å². The molecule has 0 bridgehead atoms. The second-order valence-corrected chi connectivity index (χ2v) is 5.94. The summed E-state index contributed by atoms with van der Waals surface area (Å²) in [6.45, 7) is -0.256. The third-order valence-electron chi connectivity index (χ3n) is 2.79. The number of ether oxygens (including phenoxy) is 1. The first-order valence-corrected chi connectivity index (χ1v) is 7.51. The Balaban J connectivity index is 2.32. The molecule has 2 aromatic rings. The molecule has 0 aliphatic carbocycles. The molecule has 0 radical (unpaired) electrons. The summed E-state index contributed by atoms with van der Waals surface area (Å²) in [5.41, 5.74) is 0.664. The normalized spacial score (nSPS) is 11.2. The van der Waals surface area contributed by atoms with Gasteiger partial charge in [0, 0.05) is 6.07 Å². The van der Waals surface area contributed by atoms with Crippen molar-refractivity contribution in [1.82, 2.24) is 0 Å². The van der Waals surface area contributed by atoms with Crippen molar-refractivity contribution in [2.24, 2.45) is 0 Å². The molecule has 0 atom stereocenters. The lowest BCUT2D eigenvalue weighted by Crippen LogP contribution is -2.13. The van der Waals surface area contributed by atoms with Gasteiger partial charge in [-0.2, -0.15) is 0 Å². The van der Waals surface area contributed by atoms with E-state index in [2.05, 4.69) is 4.72 Å². The molecule has 0 unspecified atom stereocenters. The number of aliphatic hydroxyl groups excluding tert-OH is 1. The molecule has 0 heterocycles. The molecule has 0 fully saturated rings. The Morgan fingerprint density at radius 3 is 2.67 bits per heavy atom. The maximum absolute atomic E-state index is 13.3. The molecule has 5 nitrogen and oxygen atoms in total. The molecule has 2 N–H and O–H groups in total. The van der Waals surface area contributed by atoms with Crippen LogP contribution >= 0.6 is 0 Å². The molecular weight excluding hydrogens is 297 g/mol. The van der Waals surface area contributed by atoms with E-state index in [0.717, 1.165) is 6.07 Å². The van der Waals surface area contributed by atoms with Crippen LogP contribution in [-0.4, -0.2) is 20.6 Å². The number of hydrogen-bond donors (Lipinski definition) is 2. The fourth-order valence-corrected chi connectivity index (χ4v) is 2.87. The van der Waals surface area contributed by atoms with Gasteiger partial charge in [-0.15, -0.1) is 0 Å². The summed E-state index contributed by atoms with van der Waals surface area (Å²) in [6.07, 6.45) is 0. The highest BCUT2D eigenvalue weighted by Gasteiger charge is 2.15. The number of aliphatic hydroxyl groups is 1. The van der Waals surface area contributed by atoms with Crippen LogP contribution in [0, 0.1) is 5.82 Å². The Morgan fingerprint density at radius 2 is 2.00 bits per heavy atom. The fraction of sp³-hybridized carbons (Fsp3) is 0.143. The van der Waals surface area contributed by atoms with Crippen LogP contribution in [0.4, 0.5) is 10.1 Å². The number of anilines is 1. The first kappa shape index (κ1) is 15.3. The van der Waals surface area contributed by atoms with Crippen LogP contribution in [0.5, 0.6) is 5.75 Å². The van der Waals surface area contributed by atoms with Crippen LogP contribution in [0.1, 0.15) is 5.56 Å².